The Bertz CT molecular complexity index is 618. The van der Waals surface area contributed by atoms with E-state index < -0.39 is 0 Å². The number of hydrogen-bond acceptors (Lipinski definition) is 2. The molecule has 0 amide bonds. The molecule has 0 aliphatic carbocycles. The zero-order chi connectivity index (χ0) is 11.8. The highest BCUT2D eigenvalue weighted by Crippen LogP contribution is 2.33. The largest absolute Gasteiger partial charge is 0.366 e. The van der Waals surface area contributed by atoms with Crippen LogP contribution in [0.4, 0.5) is 0 Å². The first kappa shape index (κ1) is 10.6. The Morgan fingerprint density at radius 2 is 1.82 bits per heavy atom. The van der Waals surface area contributed by atoms with Gasteiger partial charge < -0.3 is 4.98 Å². The van der Waals surface area contributed by atoms with Crippen LogP contribution in [0.2, 0.25) is 10.0 Å². The van der Waals surface area contributed by atoms with E-state index in [1.165, 1.54) is 0 Å². The molecule has 0 radical (unpaired) electrons. The van der Waals surface area contributed by atoms with Crippen LogP contribution in [0.5, 0.6) is 0 Å². The van der Waals surface area contributed by atoms with Crippen molar-refractivity contribution in [3.63, 3.8) is 0 Å². The molecule has 0 atom stereocenters. The van der Waals surface area contributed by atoms with Gasteiger partial charge in [-0.05, 0) is 18.2 Å². The molecule has 3 rings (SSSR count). The fourth-order valence-electron chi connectivity index (χ4n) is 1.65. The van der Waals surface area contributed by atoms with Crippen LogP contribution in [0, 0.1) is 0 Å². The predicted molar refractivity (Wildman–Crippen MR) is 68.5 cm³/mol. The summed E-state index contributed by atoms with van der Waals surface area (Å²) in [6.07, 6.45) is 3.60. The lowest BCUT2D eigenvalue weighted by Crippen LogP contribution is -1.82. The number of imidazole rings is 1. The van der Waals surface area contributed by atoms with E-state index >= 15 is 0 Å². The summed E-state index contributed by atoms with van der Waals surface area (Å²) in [5, 5.41) is 0.984. The molecule has 3 nitrogen and oxygen atoms in total. The molecule has 5 heteroatoms. The van der Waals surface area contributed by atoms with Crippen molar-refractivity contribution in [2.75, 3.05) is 0 Å². The summed E-state index contributed by atoms with van der Waals surface area (Å²) in [5.41, 5.74) is 2.38. The lowest BCUT2D eigenvalue weighted by Gasteiger charge is -2.00. The lowest BCUT2D eigenvalue weighted by molar-refractivity contribution is 1.28. The minimum absolute atomic E-state index is 0.480. The SMILES string of the molecule is Clc1cccc(-c2nc3cc[nH]cc-3n2)c1Cl. The second kappa shape index (κ2) is 4.02. The first-order valence-corrected chi connectivity index (χ1v) is 5.76. The highest BCUT2D eigenvalue weighted by Gasteiger charge is 2.14. The molecule has 0 unspecified atom stereocenters. The van der Waals surface area contributed by atoms with Crippen molar-refractivity contribution in [3.8, 4) is 22.8 Å². The minimum atomic E-state index is 0.480. The Labute approximate surface area is 108 Å². The number of pyridine rings is 1. The Morgan fingerprint density at radius 3 is 2.65 bits per heavy atom. The summed E-state index contributed by atoms with van der Waals surface area (Å²) < 4.78 is 0. The Kier molecular flexibility index (Phi) is 2.50. The number of nitrogens with one attached hydrogen (secondary N) is 1. The zero-order valence-corrected chi connectivity index (χ0v) is 10.1. The van der Waals surface area contributed by atoms with Gasteiger partial charge in [-0.15, -0.1) is 0 Å². The van der Waals surface area contributed by atoms with Crippen LogP contribution < -0.4 is 0 Å². The van der Waals surface area contributed by atoms with Crippen LogP contribution in [0.15, 0.2) is 36.7 Å². The molecule has 2 aliphatic rings. The van der Waals surface area contributed by atoms with Gasteiger partial charge in [0.2, 0.25) is 0 Å². The van der Waals surface area contributed by atoms with E-state index in [4.69, 9.17) is 23.2 Å². The number of halogens is 2. The predicted octanol–water partition coefficient (Wildman–Crippen LogP) is 3.88. The Balaban J connectivity index is 2.22. The molecule has 2 heterocycles. The molecule has 1 aromatic carbocycles. The Hall–Kier alpha value is -1.58. The standard InChI is InChI=1S/C12H7Cl2N3/c13-8-3-1-2-7(11(8)14)12-16-9-4-5-15-6-10(9)17-12/h1-6,15H. The molecule has 0 saturated heterocycles. The molecule has 84 valence electrons. The average molecular weight is 264 g/mol. The third kappa shape index (κ3) is 1.77. The quantitative estimate of drug-likeness (QED) is 0.724. The summed E-state index contributed by atoms with van der Waals surface area (Å²) in [5.74, 6) is 0.590. The van der Waals surface area contributed by atoms with Crippen molar-refractivity contribution in [1.82, 2.24) is 15.0 Å². The third-order valence-electron chi connectivity index (χ3n) is 2.47. The number of rotatable bonds is 1. The average Bonchev–Trinajstić information content (AvgIpc) is 2.76. The summed E-state index contributed by atoms with van der Waals surface area (Å²) in [6, 6.07) is 7.29. The number of aromatic nitrogens is 3. The fraction of sp³-hybridized carbons (Fsp3) is 0. The number of hydrogen-bond donors (Lipinski definition) is 1. The van der Waals surface area contributed by atoms with Gasteiger partial charge in [0.05, 0.1) is 15.7 Å². The molecular weight excluding hydrogens is 257 g/mol. The van der Waals surface area contributed by atoms with Crippen molar-refractivity contribution >= 4 is 23.2 Å². The van der Waals surface area contributed by atoms with Gasteiger partial charge in [0, 0.05) is 18.0 Å². The van der Waals surface area contributed by atoms with Gasteiger partial charge >= 0.3 is 0 Å². The number of fused-ring (bicyclic) bond motifs is 1. The van der Waals surface area contributed by atoms with Crippen LogP contribution in [-0.2, 0) is 0 Å². The van der Waals surface area contributed by atoms with Crippen molar-refractivity contribution in [2.45, 2.75) is 0 Å². The molecule has 0 spiro atoms. The molecule has 2 aliphatic heterocycles. The lowest BCUT2D eigenvalue weighted by atomic mass is 10.2. The summed E-state index contributed by atoms with van der Waals surface area (Å²) >= 11 is 12.1. The first-order chi connectivity index (χ1) is 8.25. The number of benzene rings is 1. The molecule has 1 aromatic rings. The summed E-state index contributed by atoms with van der Waals surface area (Å²) in [4.78, 5) is 11.8. The van der Waals surface area contributed by atoms with E-state index in [0.717, 1.165) is 17.0 Å². The van der Waals surface area contributed by atoms with Crippen molar-refractivity contribution in [2.24, 2.45) is 0 Å². The fourth-order valence-corrected chi connectivity index (χ4v) is 2.03. The number of nitrogens with zero attached hydrogens (tertiary/aromatic N) is 2. The van der Waals surface area contributed by atoms with Crippen LogP contribution in [-0.4, -0.2) is 15.0 Å². The zero-order valence-electron chi connectivity index (χ0n) is 8.61. The third-order valence-corrected chi connectivity index (χ3v) is 3.28. The topological polar surface area (TPSA) is 41.6 Å². The molecule has 1 N–H and O–H groups in total. The maximum absolute atomic E-state index is 6.14. The van der Waals surface area contributed by atoms with E-state index in [2.05, 4.69) is 15.0 Å². The van der Waals surface area contributed by atoms with E-state index in [1.54, 1.807) is 18.5 Å². The smallest absolute Gasteiger partial charge is 0.162 e. The molecule has 0 bridgehead atoms. The van der Waals surface area contributed by atoms with Gasteiger partial charge in [-0.2, -0.15) is 0 Å². The van der Waals surface area contributed by atoms with E-state index in [-0.39, 0.29) is 0 Å². The van der Waals surface area contributed by atoms with Gasteiger partial charge in [0.25, 0.3) is 0 Å². The number of H-pyrrole nitrogens is 1. The normalized spacial score (nSPS) is 10.9. The molecule has 0 fully saturated rings. The first-order valence-electron chi connectivity index (χ1n) is 5.00. The molecule has 17 heavy (non-hydrogen) atoms. The molecular formula is C12H7Cl2N3. The van der Waals surface area contributed by atoms with Gasteiger partial charge in [0.1, 0.15) is 5.69 Å². The van der Waals surface area contributed by atoms with Crippen molar-refractivity contribution in [3.05, 3.63) is 46.7 Å². The second-order valence-electron chi connectivity index (χ2n) is 3.56. The minimum Gasteiger partial charge on any atom is -0.366 e. The summed E-state index contributed by atoms with van der Waals surface area (Å²) in [7, 11) is 0. The number of aromatic amines is 1. The van der Waals surface area contributed by atoms with E-state index in [1.807, 2.05) is 18.2 Å². The maximum atomic E-state index is 6.14. The Morgan fingerprint density at radius 1 is 1.00 bits per heavy atom. The monoisotopic (exact) mass is 263 g/mol. The second-order valence-corrected chi connectivity index (χ2v) is 4.35. The molecule has 0 saturated carbocycles. The van der Waals surface area contributed by atoms with Gasteiger partial charge in [-0.3, -0.25) is 0 Å². The van der Waals surface area contributed by atoms with Gasteiger partial charge in [-0.25, -0.2) is 9.97 Å². The molecule has 0 aromatic heterocycles. The van der Waals surface area contributed by atoms with E-state index in [0.29, 0.717) is 15.9 Å². The van der Waals surface area contributed by atoms with Crippen molar-refractivity contribution < 1.29 is 0 Å². The van der Waals surface area contributed by atoms with Crippen LogP contribution in [0.25, 0.3) is 22.8 Å². The van der Waals surface area contributed by atoms with E-state index in [9.17, 15) is 0 Å². The maximum Gasteiger partial charge on any atom is 0.162 e. The van der Waals surface area contributed by atoms with Crippen molar-refractivity contribution in [1.29, 1.82) is 0 Å². The van der Waals surface area contributed by atoms with Crippen LogP contribution in [0.3, 0.4) is 0 Å². The van der Waals surface area contributed by atoms with Gasteiger partial charge in [-0.1, -0.05) is 29.3 Å². The highest BCUT2D eigenvalue weighted by molar-refractivity contribution is 6.43. The summed E-state index contributed by atoms with van der Waals surface area (Å²) in [6.45, 7) is 0. The van der Waals surface area contributed by atoms with Crippen LogP contribution >= 0.6 is 23.2 Å². The van der Waals surface area contributed by atoms with Crippen LogP contribution in [0.1, 0.15) is 0 Å². The van der Waals surface area contributed by atoms with Gasteiger partial charge in [0.15, 0.2) is 5.82 Å². The highest BCUT2D eigenvalue weighted by atomic mass is 35.5.